The Labute approximate surface area is 178 Å². The molecular weight excluding hydrogens is 402 g/mol. The van der Waals surface area contributed by atoms with E-state index in [2.05, 4.69) is 10.3 Å². The van der Waals surface area contributed by atoms with E-state index in [1.165, 1.54) is 10.9 Å². The molecule has 30 heavy (non-hydrogen) atoms. The van der Waals surface area contributed by atoms with E-state index in [4.69, 9.17) is 4.74 Å². The summed E-state index contributed by atoms with van der Waals surface area (Å²) in [7, 11) is 0. The number of hydrogen-bond acceptors (Lipinski definition) is 6. The molecule has 2 aromatic heterocycles. The van der Waals surface area contributed by atoms with Gasteiger partial charge < -0.3 is 10.1 Å². The first-order valence-corrected chi connectivity index (χ1v) is 10.6. The number of aromatic nitrogens is 2. The van der Waals surface area contributed by atoms with Gasteiger partial charge in [-0.3, -0.25) is 19.0 Å². The number of nitrogens with one attached hydrogen (secondary N) is 1. The Morgan fingerprint density at radius 3 is 2.67 bits per heavy atom. The number of benzene rings is 1. The van der Waals surface area contributed by atoms with Crippen LogP contribution in [-0.4, -0.2) is 27.5 Å². The van der Waals surface area contributed by atoms with Gasteiger partial charge in [0.25, 0.3) is 11.5 Å². The van der Waals surface area contributed by atoms with Crippen molar-refractivity contribution in [3.63, 3.8) is 0 Å². The van der Waals surface area contributed by atoms with Gasteiger partial charge in [-0.25, -0.2) is 4.98 Å². The van der Waals surface area contributed by atoms with Crippen molar-refractivity contribution in [3.8, 4) is 0 Å². The second-order valence-electron chi connectivity index (χ2n) is 7.40. The highest BCUT2D eigenvalue weighted by Crippen LogP contribution is 2.28. The molecule has 0 fully saturated rings. The molecule has 0 aliphatic heterocycles. The highest BCUT2D eigenvalue weighted by molar-refractivity contribution is 7.20. The average molecular weight is 428 g/mol. The lowest BCUT2D eigenvalue weighted by atomic mass is 10.1. The molecule has 0 unspecified atom stereocenters. The molecule has 158 valence electrons. The minimum atomic E-state index is -0.492. The lowest BCUT2D eigenvalue weighted by Crippen LogP contribution is -2.27. The Morgan fingerprint density at radius 2 is 2.00 bits per heavy atom. The number of rotatable bonds is 6. The second kappa shape index (κ2) is 8.79. The third-order valence-corrected chi connectivity index (χ3v) is 6.16. The van der Waals surface area contributed by atoms with Crippen LogP contribution < -0.4 is 10.9 Å². The Morgan fingerprint density at radius 1 is 1.27 bits per heavy atom. The Hall–Kier alpha value is -3.00. The van der Waals surface area contributed by atoms with Crippen LogP contribution in [0.15, 0.2) is 29.3 Å². The van der Waals surface area contributed by atoms with Crippen molar-refractivity contribution in [2.45, 2.75) is 53.7 Å². The van der Waals surface area contributed by atoms with Crippen LogP contribution in [0.2, 0.25) is 0 Å². The first-order valence-electron chi connectivity index (χ1n) is 9.77. The van der Waals surface area contributed by atoms with Crippen LogP contribution in [-0.2, 0) is 16.1 Å². The smallest absolute Gasteiger partial charge is 0.326 e. The Kier molecular flexibility index (Phi) is 6.36. The lowest BCUT2D eigenvalue weighted by molar-refractivity contribution is -0.149. The highest BCUT2D eigenvalue weighted by atomic mass is 32.1. The van der Waals surface area contributed by atoms with E-state index >= 15 is 0 Å². The fourth-order valence-electron chi connectivity index (χ4n) is 3.11. The van der Waals surface area contributed by atoms with Crippen molar-refractivity contribution in [2.24, 2.45) is 0 Å². The molecule has 3 rings (SSSR count). The van der Waals surface area contributed by atoms with Crippen molar-refractivity contribution in [1.82, 2.24) is 9.55 Å². The molecule has 0 saturated heterocycles. The summed E-state index contributed by atoms with van der Waals surface area (Å²) in [6, 6.07) is 5.78. The molecule has 1 aromatic carbocycles. The van der Waals surface area contributed by atoms with Crippen molar-refractivity contribution >= 4 is 39.1 Å². The monoisotopic (exact) mass is 427 g/mol. The number of carbonyl (C=O) groups is 2. The van der Waals surface area contributed by atoms with Gasteiger partial charge in [-0.15, -0.1) is 11.3 Å². The topological polar surface area (TPSA) is 90.3 Å². The van der Waals surface area contributed by atoms with Crippen LogP contribution in [0.5, 0.6) is 0 Å². The molecule has 3 aromatic rings. The molecular formula is C22H25N3O4S. The summed E-state index contributed by atoms with van der Waals surface area (Å²) in [6.45, 7) is 9.14. The summed E-state index contributed by atoms with van der Waals surface area (Å²) < 4.78 is 6.46. The number of amides is 1. The van der Waals surface area contributed by atoms with Crippen LogP contribution in [0.3, 0.4) is 0 Å². The summed E-state index contributed by atoms with van der Waals surface area (Å²) in [5.74, 6) is -0.780. The van der Waals surface area contributed by atoms with Gasteiger partial charge in [-0.1, -0.05) is 24.6 Å². The van der Waals surface area contributed by atoms with Gasteiger partial charge in [0.1, 0.15) is 11.4 Å². The zero-order valence-electron chi connectivity index (χ0n) is 17.7. The van der Waals surface area contributed by atoms with Gasteiger partial charge in [0.05, 0.1) is 22.7 Å². The number of fused-ring (bicyclic) bond motifs is 1. The van der Waals surface area contributed by atoms with E-state index in [-0.39, 0.29) is 24.1 Å². The number of thiophene rings is 1. The van der Waals surface area contributed by atoms with Gasteiger partial charge in [-0.05, 0) is 51.3 Å². The number of nitrogens with zero attached hydrogens (tertiary/aromatic N) is 2. The Balaban J connectivity index is 1.90. The fourth-order valence-corrected chi connectivity index (χ4v) is 4.14. The quantitative estimate of drug-likeness (QED) is 0.601. The zero-order valence-corrected chi connectivity index (χ0v) is 18.6. The highest BCUT2D eigenvalue weighted by Gasteiger charge is 2.21. The van der Waals surface area contributed by atoms with Gasteiger partial charge in [0.2, 0.25) is 0 Å². The minimum Gasteiger partial charge on any atom is -0.461 e. The predicted octanol–water partition coefficient (Wildman–Crippen LogP) is 3.98. The Bertz CT molecular complexity index is 1180. The molecule has 0 bridgehead atoms. The van der Waals surface area contributed by atoms with E-state index in [0.29, 0.717) is 27.1 Å². The summed E-state index contributed by atoms with van der Waals surface area (Å²) in [5.41, 5.74) is 2.99. The van der Waals surface area contributed by atoms with Crippen molar-refractivity contribution < 1.29 is 14.3 Å². The summed E-state index contributed by atoms with van der Waals surface area (Å²) >= 11 is 1.16. The van der Waals surface area contributed by atoms with Gasteiger partial charge in [0.15, 0.2) is 0 Å². The molecule has 2 heterocycles. The van der Waals surface area contributed by atoms with Crippen molar-refractivity contribution in [3.05, 3.63) is 56.4 Å². The number of ether oxygens (including phenoxy) is 1. The van der Waals surface area contributed by atoms with Crippen LogP contribution in [0.1, 0.15) is 46.6 Å². The molecule has 8 heteroatoms. The second-order valence-corrected chi connectivity index (χ2v) is 8.39. The normalized spacial score (nSPS) is 12.0. The maximum absolute atomic E-state index is 12.9. The number of aryl methyl sites for hydroxylation is 3. The molecule has 0 aliphatic rings. The van der Waals surface area contributed by atoms with E-state index < -0.39 is 5.97 Å². The first-order chi connectivity index (χ1) is 14.2. The number of hydrogen-bond donors (Lipinski definition) is 1. The van der Waals surface area contributed by atoms with E-state index in [1.807, 2.05) is 39.0 Å². The minimum absolute atomic E-state index is 0.215. The van der Waals surface area contributed by atoms with Crippen LogP contribution in [0.4, 0.5) is 5.69 Å². The fraction of sp³-hybridized carbons (Fsp3) is 0.364. The lowest BCUT2D eigenvalue weighted by Gasteiger charge is -2.11. The van der Waals surface area contributed by atoms with Crippen LogP contribution in [0.25, 0.3) is 10.2 Å². The van der Waals surface area contributed by atoms with Crippen molar-refractivity contribution in [2.75, 3.05) is 5.32 Å². The molecule has 0 aliphatic carbocycles. The molecule has 1 amide bonds. The summed E-state index contributed by atoms with van der Waals surface area (Å²) in [5, 5.41) is 3.26. The summed E-state index contributed by atoms with van der Waals surface area (Å²) in [4.78, 5) is 43.0. The maximum atomic E-state index is 12.9. The SMILES string of the molecule is CC[C@@H](C)OC(=O)Cn1cnc2sc(C(=O)Nc3ccc(C)cc3C)c(C)c2c1=O. The largest absolute Gasteiger partial charge is 0.461 e. The number of esters is 1. The molecule has 1 N–H and O–H groups in total. The molecule has 0 spiro atoms. The van der Waals surface area contributed by atoms with Crippen LogP contribution in [0, 0.1) is 20.8 Å². The van der Waals surface area contributed by atoms with E-state index in [1.54, 1.807) is 13.8 Å². The predicted molar refractivity (Wildman–Crippen MR) is 118 cm³/mol. The average Bonchev–Trinajstić information content (AvgIpc) is 3.03. The van der Waals surface area contributed by atoms with Crippen LogP contribution >= 0.6 is 11.3 Å². The third kappa shape index (κ3) is 4.43. The zero-order chi connectivity index (χ0) is 22.0. The van der Waals surface area contributed by atoms with Crippen molar-refractivity contribution in [1.29, 1.82) is 0 Å². The standard InChI is InChI=1S/C22H25N3O4S/c1-6-14(4)29-17(26)10-25-11-23-21-18(22(25)28)15(5)19(30-21)20(27)24-16-8-7-12(2)9-13(16)3/h7-9,11,14H,6,10H2,1-5H3,(H,24,27)/t14-/m1/s1. The van der Waals surface area contributed by atoms with Gasteiger partial charge in [0, 0.05) is 5.69 Å². The van der Waals surface area contributed by atoms with Gasteiger partial charge >= 0.3 is 5.97 Å². The number of anilines is 1. The third-order valence-electron chi connectivity index (χ3n) is 4.96. The molecule has 0 radical (unpaired) electrons. The number of carbonyl (C=O) groups excluding carboxylic acids is 2. The van der Waals surface area contributed by atoms with E-state index in [0.717, 1.165) is 28.2 Å². The maximum Gasteiger partial charge on any atom is 0.326 e. The molecule has 0 saturated carbocycles. The molecule has 7 nitrogen and oxygen atoms in total. The van der Waals surface area contributed by atoms with E-state index in [9.17, 15) is 14.4 Å². The molecule has 1 atom stereocenters. The van der Waals surface area contributed by atoms with Gasteiger partial charge in [-0.2, -0.15) is 0 Å². The summed E-state index contributed by atoms with van der Waals surface area (Å²) in [6.07, 6.45) is 1.80. The first kappa shape index (κ1) is 21.7.